The number of nitro groups is 1. The van der Waals surface area contributed by atoms with Crippen molar-refractivity contribution >= 4 is 29.0 Å². The SMILES string of the molecule is CC(C(=O)Nc1ccn(Cc2c(F)cccc2Cl)n1)n1cc([N+](=O)[O-])cn1. The summed E-state index contributed by atoms with van der Waals surface area (Å²) < 4.78 is 16.5. The van der Waals surface area contributed by atoms with E-state index in [1.54, 1.807) is 25.3 Å². The predicted octanol–water partition coefficient (Wildman–Crippen LogP) is 3.03. The van der Waals surface area contributed by atoms with Crippen LogP contribution < -0.4 is 5.32 Å². The van der Waals surface area contributed by atoms with Crippen molar-refractivity contribution in [2.75, 3.05) is 5.32 Å². The van der Waals surface area contributed by atoms with Crippen molar-refractivity contribution in [2.45, 2.75) is 19.5 Å². The van der Waals surface area contributed by atoms with Gasteiger partial charge in [0.15, 0.2) is 5.82 Å². The Morgan fingerprint density at radius 3 is 2.89 bits per heavy atom. The monoisotopic (exact) mass is 392 g/mol. The van der Waals surface area contributed by atoms with E-state index < -0.39 is 22.7 Å². The van der Waals surface area contributed by atoms with Crippen LogP contribution in [-0.2, 0) is 11.3 Å². The Kier molecular flexibility index (Phi) is 5.17. The number of anilines is 1. The van der Waals surface area contributed by atoms with E-state index in [4.69, 9.17) is 11.6 Å². The van der Waals surface area contributed by atoms with Crippen LogP contribution in [0.2, 0.25) is 5.02 Å². The predicted molar refractivity (Wildman–Crippen MR) is 95.0 cm³/mol. The first-order valence-corrected chi connectivity index (χ1v) is 8.18. The summed E-state index contributed by atoms with van der Waals surface area (Å²) in [7, 11) is 0. The summed E-state index contributed by atoms with van der Waals surface area (Å²) in [5.41, 5.74) is 0.0815. The van der Waals surface area contributed by atoms with Crippen LogP contribution in [0.1, 0.15) is 18.5 Å². The normalized spacial score (nSPS) is 12.0. The van der Waals surface area contributed by atoms with Gasteiger partial charge in [0.1, 0.15) is 24.3 Å². The van der Waals surface area contributed by atoms with Gasteiger partial charge in [-0.15, -0.1) is 0 Å². The molecule has 27 heavy (non-hydrogen) atoms. The van der Waals surface area contributed by atoms with Gasteiger partial charge in [-0.1, -0.05) is 17.7 Å². The van der Waals surface area contributed by atoms with Crippen molar-refractivity contribution in [3.63, 3.8) is 0 Å². The van der Waals surface area contributed by atoms with Crippen LogP contribution in [-0.4, -0.2) is 30.4 Å². The third kappa shape index (κ3) is 4.11. The van der Waals surface area contributed by atoms with E-state index in [0.29, 0.717) is 0 Å². The van der Waals surface area contributed by atoms with Gasteiger partial charge < -0.3 is 5.32 Å². The molecule has 0 saturated carbocycles. The zero-order valence-electron chi connectivity index (χ0n) is 14.0. The van der Waals surface area contributed by atoms with Crippen molar-refractivity contribution in [1.82, 2.24) is 19.6 Å². The lowest BCUT2D eigenvalue weighted by atomic mass is 10.2. The fourth-order valence-electron chi connectivity index (χ4n) is 2.35. The Balaban J connectivity index is 1.67. The van der Waals surface area contributed by atoms with Crippen LogP contribution >= 0.6 is 11.6 Å². The largest absolute Gasteiger partial charge is 0.307 e. The summed E-state index contributed by atoms with van der Waals surface area (Å²) in [6, 6.07) is 5.15. The van der Waals surface area contributed by atoms with Crippen LogP contribution in [0.4, 0.5) is 15.9 Å². The van der Waals surface area contributed by atoms with E-state index in [1.807, 2.05) is 0 Å². The molecule has 1 amide bonds. The number of aromatic nitrogens is 4. The number of nitrogens with one attached hydrogen (secondary N) is 1. The summed E-state index contributed by atoms with van der Waals surface area (Å²) >= 11 is 6.00. The molecule has 0 fully saturated rings. The first-order chi connectivity index (χ1) is 12.8. The maximum absolute atomic E-state index is 13.9. The Hall–Kier alpha value is -3.27. The van der Waals surface area contributed by atoms with Crippen molar-refractivity contribution < 1.29 is 14.1 Å². The van der Waals surface area contributed by atoms with Gasteiger partial charge in [-0.2, -0.15) is 10.2 Å². The molecule has 1 aromatic carbocycles. The molecule has 1 unspecified atom stereocenters. The van der Waals surface area contributed by atoms with Crippen LogP contribution in [0.5, 0.6) is 0 Å². The van der Waals surface area contributed by atoms with E-state index >= 15 is 0 Å². The fraction of sp³-hybridized carbons (Fsp3) is 0.188. The smallest absolute Gasteiger partial charge is 0.307 e. The molecule has 1 N–H and O–H groups in total. The van der Waals surface area contributed by atoms with E-state index in [2.05, 4.69) is 15.5 Å². The van der Waals surface area contributed by atoms with Gasteiger partial charge in [0.2, 0.25) is 5.91 Å². The van der Waals surface area contributed by atoms with E-state index in [0.717, 1.165) is 6.20 Å². The maximum atomic E-state index is 13.9. The number of carbonyl (C=O) groups excluding carboxylic acids is 1. The Bertz CT molecular complexity index is 981. The average Bonchev–Trinajstić information content (AvgIpc) is 3.27. The molecule has 9 nitrogen and oxygen atoms in total. The van der Waals surface area contributed by atoms with Crippen LogP contribution in [0.25, 0.3) is 0 Å². The van der Waals surface area contributed by atoms with E-state index in [-0.39, 0.29) is 28.6 Å². The summed E-state index contributed by atoms with van der Waals surface area (Å²) in [5.74, 6) is -0.652. The van der Waals surface area contributed by atoms with Crippen molar-refractivity contribution in [3.05, 3.63) is 69.4 Å². The van der Waals surface area contributed by atoms with Crippen molar-refractivity contribution in [3.8, 4) is 0 Å². The van der Waals surface area contributed by atoms with Crippen molar-refractivity contribution in [1.29, 1.82) is 0 Å². The molecule has 0 bridgehead atoms. The average molecular weight is 393 g/mol. The quantitative estimate of drug-likeness (QED) is 0.512. The Morgan fingerprint density at radius 2 is 2.22 bits per heavy atom. The molecule has 11 heteroatoms. The lowest BCUT2D eigenvalue weighted by Crippen LogP contribution is -2.24. The van der Waals surface area contributed by atoms with Gasteiger partial charge >= 0.3 is 5.69 Å². The highest BCUT2D eigenvalue weighted by atomic mass is 35.5. The molecule has 3 aromatic rings. The molecular weight excluding hydrogens is 379 g/mol. The van der Waals surface area contributed by atoms with Crippen LogP contribution in [0.3, 0.4) is 0 Å². The highest BCUT2D eigenvalue weighted by Gasteiger charge is 2.20. The molecule has 0 aliphatic carbocycles. The lowest BCUT2D eigenvalue weighted by molar-refractivity contribution is -0.385. The summed E-state index contributed by atoms with van der Waals surface area (Å²) in [5, 5.41) is 21.5. The highest BCUT2D eigenvalue weighted by Crippen LogP contribution is 2.20. The molecule has 0 radical (unpaired) electrons. The number of hydrogen-bond donors (Lipinski definition) is 1. The van der Waals surface area contributed by atoms with Gasteiger partial charge in [-0.05, 0) is 19.1 Å². The molecule has 3 rings (SSSR count). The minimum atomic E-state index is -0.787. The third-order valence-electron chi connectivity index (χ3n) is 3.85. The lowest BCUT2D eigenvalue weighted by Gasteiger charge is -2.10. The number of amides is 1. The number of carbonyl (C=O) groups is 1. The second-order valence-electron chi connectivity index (χ2n) is 5.70. The summed E-state index contributed by atoms with van der Waals surface area (Å²) in [4.78, 5) is 22.4. The van der Waals surface area contributed by atoms with Gasteiger partial charge in [-0.25, -0.2) is 4.39 Å². The number of rotatable bonds is 6. The minimum Gasteiger partial charge on any atom is -0.307 e. The van der Waals surface area contributed by atoms with Gasteiger partial charge in [0.25, 0.3) is 0 Å². The van der Waals surface area contributed by atoms with Gasteiger partial charge in [0, 0.05) is 22.8 Å². The molecule has 0 aliphatic rings. The Morgan fingerprint density at radius 1 is 1.44 bits per heavy atom. The maximum Gasteiger partial charge on any atom is 0.307 e. The highest BCUT2D eigenvalue weighted by molar-refractivity contribution is 6.31. The zero-order chi connectivity index (χ0) is 19.6. The molecule has 0 spiro atoms. The molecule has 140 valence electrons. The van der Waals surface area contributed by atoms with Gasteiger partial charge in [0.05, 0.1) is 11.5 Å². The minimum absolute atomic E-state index is 0.0995. The zero-order valence-corrected chi connectivity index (χ0v) is 14.8. The second kappa shape index (κ2) is 7.54. The third-order valence-corrected chi connectivity index (χ3v) is 4.20. The first kappa shape index (κ1) is 18.5. The molecule has 1 atom stereocenters. The summed E-state index contributed by atoms with van der Waals surface area (Å²) in [6.45, 7) is 1.64. The molecule has 0 aliphatic heterocycles. The van der Waals surface area contributed by atoms with Crippen molar-refractivity contribution in [2.24, 2.45) is 0 Å². The van der Waals surface area contributed by atoms with E-state index in [1.165, 1.54) is 27.7 Å². The summed E-state index contributed by atoms with van der Waals surface area (Å²) in [6.07, 6.45) is 3.81. The molecule has 0 saturated heterocycles. The second-order valence-corrected chi connectivity index (χ2v) is 6.11. The fourth-order valence-corrected chi connectivity index (χ4v) is 2.57. The van der Waals surface area contributed by atoms with Crippen LogP contribution in [0, 0.1) is 15.9 Å². The standard InChI is InChI=1S/C16H14ClFN6O3/c1-10(23-8-11(7-19-23)24(26)27)16(25)20-15-5-6-22(21-15)9-12-13(17)3-2-4-14(12)18/h2-8,10H,9H2,1H3,(H,20,21,25). The molecule has 2 heterocycles. The Labute approximate surface area is 157 Å². The van der Waals surface area contributed by atoms with Gasteiger partial charge in [-0.3, -0.25) is 24.3 Å². The number of halogens is 2. The van der Waals surface area contributed by atoms with Crippen LogP contribution in [0.15, 0.2) is 42.9 Å². The van der Waals surface area contributed by atoms with E-state index in [9.17, 15) is 19.3 Å². The first-order valence-electron chi connectivity index (χ1n) is 7.81. The molecular formula is C16H14ClFN6O3. The topological polar surface area (TPSA) is 108 Å². The number of hydrogen-bond acceptors (Lipinski definition) is 5. The number of benzene rings is 1. The number of nitrogens with zero attached hydrogens (tertiary/aromatic N) is 5. The molecule has 2 aromatic heterocycles.